The number of rotatable bonds is 3. The Kier molecular flexibility index (Phi) is 3.33. The van der Waals surface area contributed by atoms with Crippen molar-refractivity contribution < 1.29 is 13.2 Å². The van der Waals surface area contributed by atoms with Crippen molar-refractivity contribution in [3.63, 3.8) is 0 Å². The molecule has 0 spiro atoms. The molecule has 1 unspecified atom stereocenters. The van der Waals surface area contributed by atoms with Crippen LogP contribution in [0, 0.1) is 0 Å². The molecule has 1 N–H and O–H groups in total. The van der Waals surface area contributed by atoms with Gasteiger partial charge >= 0.3 is 0 Å². The molecule has 66 valence electrons. The molecule has 0 aliphatic carbocycles. The lowest BCUT2D eigenvalue weighted by atomic mass is 10.2. The number of hydrogen-bond donors (Lipinski definition) is 1. The summed E-state index contributed by atoms with van der Waals surface area (Å²) in [6, 6.07) is 8.63. The highest BCUT2D eigenvalue weighted by Gasteiger charge is 2.08. The van der Waals surface area contributed by atoms with E-state index in [0.717, 1.165) is 0 Å². The van der Waals surface area contributed by atoms with Crippen molar-refractivity contribution in [2.75, 3.05) is 0 Å². The molecule has 0 saturated heterocycles. The molecule has 0 aromatic heterocycles. The number of nitrogens with zero attached hydrogens (tertiary/aromatic N) is 1. The van der Waals surface area contributed by atoms with E-state index in [1.165, 1.54) is 0 Å². The average molecular weight is 189 g/mol. The Bertz CT molecular complexity index is 267. The van der Waals surface area contributed by atoms with Gasteiger partial charge in [-0.05, 0) is 10.1 Å². The molecule has 0 bridgehead atoms. The maximum Gasteiger partial charge on any atom is 0.263 e. The second kappa shape index (κ2) is 4.30. The zero-order valence-electron chi connectivity index (χ0n) is 6.18. The molecule has 0 saturated carbocycles. The molecule has 5 heteroatoms. The fraction of sp³-hybridized carbons (Fsp3) is 0.143. The second-order valence-electron chi connectivity index (χ2n) is 2.19. The summed E-state index contributed by atoms with van der Waals surface area (Å²) < 4.78 is 30.8. The standard InChI is InChI=1S/C7H8FNO2S/c8-9(12(10)11)6-7-4-2-1-3-5-7/h1-5H,6H2,(H,10,11). The van der Waals surface area contributed by atoms with Crippen LogP contribution in [0.2, 0.25) is 0 Å². The first-order valence-electron chi connectivity index (χ1n) is 3.28. The van der Waals surface area contributed by atoms with Crippen LogP contribution in [-0.2, 0) is 17.8 Å². The van der Waals surface area contributed by atoms with Crippen molar-refractivity contribution >= 4 is 11.3 Å². The van der Waals surface area contributed by atoms with Crippen molar-refractivity contribution in [2.45, 2.75) is 6.54 Å². The molecule has 1 atom stereocenters. The lowest BCUT2D eigenvalue weighted by molar-refractivity contribution is 0.127. The molecular weight excluding hydrogens is 181 g/mol. The molecule has 3 nitrogen and oxygen atoms in total. The van der Waals surface area contributed by atoms with Gasteiger partial charge < -0.3 is 0 Å². The minimum atomic E-state index is -2.54. The van der Waals surface area contributed by atoms with Gasteiger partial charge in [-0.25, -0.2) is 4.21 Å². The zero-order valence-corrected chi connectivity index (χ0v) is 7.00. The van der Waals surface area contributed by atoms with Gasteiger partial charge in [0.25, 0.3) is 11.3 Å². The van der Waals surface area contributed by atoms with Crippen LogP contribution >= 0.6 is 0 Å². The van der Waals surface area contributed by atoms with Gasteiger partial charge in [0.1, 0.15) is 0 Å². The van der Waals surface area contributed by atoms with Crippen LogP contribution in [0.5, 0.6) is 0 Å². The third-order valence-electron chi connectivity index (χ3n) is 1.32. The van der Waals surface area contributed by atoms with Crippen molar-refractivity contribution in [3.05, 3.63) is 35.9 Å². The zero-order chi connectivity index (χ0) is 8.97. The Morgan fingerprint density at radius 2 is 2.00 bits per heavy atom. The minimum Gasteiger partial charge on any atom is -0.292 e. The van der Waals surface area contributed by atoms with Gasteiger partial charge in [0.2, 0.25) is 0 Å². The van der Waals surface area contributed by atoms with Gasteiger partial charge in [-0.15, -0.1) is 4.48 Å². The second-order valence-corrected chi connectivity index (χ2v) is 3.05. The molecule has 1 aromatic rings. The van der Waals surface area contributed by atoms with E-state index < -0.39 is 11.3 Å². The Morgan fingerprint density at radius 1 is 1.42 bits per heavy atom. The topological polar surface area (TPSA) is 40.5 Å². The van der Waals surface area contributed by atoms with Gasteiger partial charge in [0, 0.05) is 0 Å². The molecule has 0 fully saturated rings. The SMILES string of the molecule is O=S(O)N(F)Cc1ccccc1. The summed E-state index contributed by atoms with van der Waals surface area (Å²) in [5.74, 6) is 0. The molecule has 0 aliphatic rings. The molecule has 1 rings (SSSR count). The summed E-state index contributed by atoms with van der Waals surface area (Å²) in [4.78, 5) is 0. The average Bonchev–Trinajstić information content (AvgIpc) is 2.06. The van der Waals surface area contributed by atoms with Gasteiger partial charge in [0.05, 0.1) is 6.54 Å². The summed E-state index contributed by atoms with van der Waals surface area (Å²) in [6.45, 7) is -0.177. The molecular formula is C7H8FNO2S. The molecule has 1 aromatic carbocycles. The smallest absolute Gasteiger partial charge is 0.263 e. The van der Waals surface area contributed by atoms with Crippen LogP contribution in [0.25, 0.3) is 0 Å². The Balaban J connectivity index is 2.58. The van der Waals surface area contributed by atoms with Crippen LogP contribution in [0.1, 0.15) is 5.56 Å². The van der Waals surface area contributed by atoms with Crippen molar-refractivity contribution in [1.82, 2.24) is 4.53 Å². The fourth-order valence-corrected chi connectivity index (χ4v) is 1.04. The third kappa shape index (κ3) is 2.69. The Labute approximate surface area is 72.2 Å². The first-order valence-corrected chi connectivity index (χ1v) is 4.34. The maximum absolute atomic E-state index is 12.5. The summed E-state index contributed by atoms with van der Waals surface area (Å²) in [6.07, 6.45) is 0. The van der Waals surface area contributed by atoms with Gasteiger partial charge in [-0.3, -0.25) is 4.55 Å². The lowest BCUT2D eigenvalue weighted by Gasteiger charge is -2.05. The predicted octanol–water partition coefficient (Wildman–Crippen LogP) is 1.51. The quantitative estimate of drug-likeness (QED) is 0.578. The van der Waals surface area contributed by atoms with E-state index in [2.05, 4.69) is 0 Å². The van der Waals surface area contributed by atoms with Crippen LogP contribution in [0.15, 0.2) is 30.3 Å². The minimum absolute atomic E-state index is 0.144. The number of halogens is 1. The molecule has 0 amide bonds. The fourth-order valence-electron chi connectivity index (χ4n) is 0.782. The van der Waals surface area contributed by atoms with E-state index in [-0.39, 0.29) is 11.1 Å². The number of hydrogen-bond acceptors (Lipinski definition) is 1. The third-order valence-corrected chi connectivity index (χ3v) is 1.79. The predicted molar refractivity (Wildman–Crippen MR) is 43.9 cm³/mol. The summed E-state index contributed by atoms with van der Waals surface area (Å²) >= 11 is -2.54. The van der Waals surface area contributed by atoms with Crippen LogP contribution < -0.4 is 0 Å². The van der Waals surface area contributed by atoms with E-state index in [1.807, 2.05) is 0 Å². The highest BCUT2D eigenvalue weighted by atomic mass is 32.2. The largest absolute Gasteiger partial charge is 0.292 e. The normalized spacial score (nSPS) is 13.2. The Morgan fingerprint density at radius 3 is 2.50 bits per heavy atom. The van der Waals surface area contributed by atoms with E-state index in [0.29, 0.717) is 5.56 Å². The summed E-state index contributed by atoms with van der Waals surface area (Å²) in [5.41, 5.74) is 0.655. The molecule has 0 heterocycles. The first-order chi connectivity index (χ1) is 5.70. The lowest BCUT2D eigenvalue weighted by Crippen LogP contribution is -2.14. The van der Waals surface area contributed by atoms with E-state index in [9.17, 15) is 8.69 Å². The van der Waals surface area contributed by atoms with Crippen LogP contribution in [-0.4, -0.2) is 13.3 Å². The summed E-state index contributed by atoms with van der Waals surface area (Å²) in [7, 11) is 0. The highest BCUT2D eigenvalue weighted by molar-refractivity contribution is 7.76. The highest BCUT2D eigenvalue weighted by Crippen LogP contribution is 2.05. The molecule has 12 heavy (non-hydrogen) atoms. The van der Waals surface area contributed by atoms with E-state index >= 15 is 0 Å². The monoisotopic (exact) mass is 189 g/mol. The first kappa shape index (κ1) is 9.31. The van der Waals surface area contributed by atoms with Gasteiger partial charge in [-0.2, -0.15) is 0 Å². The van der Waals surface area contributed by atoms with E-state index in [4.69, 9.17) is 4.55 Å². The van der Waals surface area contributed by atoms with Crippen LogP contribution in [0.4, 0.5) is 4.48 Å². The summed E-state index contributed by atoms with van der Waals surface area (Å²) in [5, 5.41) is 0. The van der Waals surface area contributed by atoms with Crippen LogP contribution in [0.3, 0.4) is 0 Å². The maximum atomic E-state index is 12.5. The van der Waals surface area contributed by atoms with E-state index in [1.54, 1.807) is 30.3 Å². The molecule has 0 aliphatic heterocycles. The number of benzene rings is 1. The Hall–Kier alpha value is -0.780. The molecule has 0 radical (unpaired) electrons. The van der Waals surface area contributed by atoms with Gasteiger partial charge in [0.15, 0.2) is 0 Å². The van der Waals surface area contributed by atoms with Crippen molar-refractivity contribution in [3.8, 4) is 0 Å². The van der Waals surface area contributed by atoms with Crippen molar-refractivity contribution in [1.29, 1.82) is 0 Å². The van der Waals surface area contributed by atoms with Crippen molar-refractivity contribution in [2.24, 2.45) is 0 Å². The van der Waals surface area contributed by atoms with Gasteiger partial charge in [-0.1, -0.05) is 30.3 Å².